The summed E-state index contributed by atoms with van der Waals surface area (Å²) in [4.78, 5) is 0. The molecule has 1 aromatic heterocycles. The molecule has 1 rings (SSSR count). The maximum absolute atomic E-state index is 4.94. The minimum absolute atomic E-state index is 0.871. The molecule has 0 aliphatic carbocycles. The fourth-order valence-electron chi connectivity index (χ4n) is 0.856. The molecular weight excluding hydrogens is 144 g/mol. The highest BCUT2D eigenvalue weighted by Gasteiger charge is 1.91. The monoisotopic (exact) mass is 156 g/mol. The number of ether oxygens (including phenoxy) is 1. The Kier molecular flexibility index (Phi) is 3.47. The number of hydrogen-bond acceptors (Lipinski definition) is 2. The van der Waals surface area contributed by atoms with Gasteiger partial charge in [-0.05, 0) is 35.2 Å². The fourth-order valence-corrected chi connectivity index (χ4v) is 1.56. The largest absolute Gasteiger partial charge is 0.385 e. The predicted molar refractivity (Wildman–Crippen MR) is 44.5 cm³/mol. The van der Waals surface area contributed by atoms with E-state index in [4.69, 9.17) is 4.74 Å². The van der Waals surface area contributed by atoms with Crippen molar-refractivity contribution < 1.29 is 4.74 Å². The number of aryl methyl sites for hydroxylation is 1. The summed E-state index contributed by atoms with van der Waals surface area (Å²) in [6, 6.07) is 2.17. The van der Waals surface area contributed by atoms with Gasteiger partial charge in [0.05, 0.1) is 0 Å². The van der Waals surface area contributed by atoms with E-state index >= 15 is 0 Å². The van der Waals surface area contributed by atoms with Gasteiger partial charge in [-0.2, -0.15) is 11.3 Å². The quantitative estimate of drug-likeness (QED) is 0.608. The normalized spacial score (nSPS) is 10.1. The second-order valence-electron chi connectivity index (χ2n) is 2.23. The lowest BCUT2D eigenvalue weighted by molar-refractivity contribution is 0.195. The van der Waals surface area contributed by atoms with Crippen LogP contribution in [0, 0.1) is 0 Å². The molecule has 2 heteroatoms. The molecule has 56 valence electrons. The molecule has 0 fully saturated rings. The SMILES string of the molecule is COCCCc1ccsc1. The van der Waals surface area contributed by atoms with Crippen LogP contribution in [0.25, 0.3) is 0 Å². The van der Waals surface area contributed by atoms with Gasteiger partial charge in [-0.1, -0.05) is 0 Å². The standard InChI is InChI=1S/C8H12OS/c1-9-5-2-3-8-4-6-10-7-8/h4,6-7H,2-3,5H2,1H3. The zero-order valence-electron chi connectivity index (χ0n) is 6.17. The molecule has 0 saturated carbocycles. The Morgan fingerprint density at radius 3 is 3.10 bits per heavy atom. The third kappa shape index (κ3) is 2.50. The van der Waals surface area contributed by atoms with Crippen molar-refractivity contribution in [2.45, 2.75) is 12.8 Å². The highest BCUT2D eigenvalue weighted by Crippen LogP contribution is 2.07. The van der Waals surface area contributed by atoms with E-state index in [1.807, 2.05) is 0 Å². The summed E-state index contributed by atoms with van der Waals surface area (Å²) in [5, 5.41) is 4.30. The first-order valence-corrected chi connectivity index (χ1v) is 4.38. The van der Waals surface area contributed by atoms with E-state index < -0.39 is 0 Å². The Hall–Kier alpha value is -0.340. The van der Waals surface area contributed by atoms with Gasteiger partial charge in [-0.25, -0.2) is 0 Å². The highest BCUT2D eigenvalue weighted by atomic mass is 32.1. The summed E-state index contributed by atoms with van der Waals surface area (Å²) >= 11 is 1.76. The van der Waals surface area contributed by atoms with Crippen molar-refractivity contribution in [2.75, 3.05) is 13.7 Å². The third-order valence-corrected chi connectivity index (χ3v) is 2.13. The molecule has 0 aliphatic heterocycles. The van der Waals surface area contributed by atoms with E-state index in [0.717, 1.165) is 19.4 Å². The first-order chi connectivity index (χ1) is 4.93. The minimum atomic E-state index is 0.871. The smallest absolute Gasteiger partial charge is 0.0465 e. The van der Waals surface area contributed by atoms with Crippen molar-refractivity contribution >= 4 is 11.3 Å². The van der Waals surface area contributed by atoms with Gasteiger partial charge in [-0.3, -0.25) is 0 Å². The summed E-state index contributed by atoms with van der Waals surface area (Å²) in [5.41, 5.74) is 1.43. The van der Waals surface area contributed by atoms with Crippen LogP contribution in [0.1, 0.15) is 12.0 Å². The molecule has 0 bridgehead atoms. The molecule has 0 aromatic carbocycles. The maximum atomic E-state index is 4.94. The van der Waals surface area contributed by atoms with Crippen LogP contribution in [-0.2, 0) is 11.2 Å². The Bertz CT molecular complexity index is 158. The van der Waals surface area contributed by atoms with Crippen molar-refractivity contribution in [1.29, 1.82) is 0 Å². The van der Waals surface area contributed by atoms with Gasteiger partial charge in [0.25, 0.3) is 0 Å². The van der Waals surface area contributed by atoms with Crippen LogP contribution in [0.4, 0.5) is 0 Å². The van der Waals surface area contributed by atoms with E-state index in [1.54, 1.807) is 18.4 Å². The summed E-state index contributed by atoms with van der Waals surface area (Å²) < 4.78 is 4.94. The average molecular weight is 156 g/mol. The average Bonchev–Trinajstić information content (AvgIpc) is 2.41. The summed E-state index contributed by atoms with van der Waals surface area (Å²) in [6.45, 7) is 0.871. The molecule has 1 aromatic rings. The van der Waals surface area contributed by atoms with Gasteiger partial charge in [0.1, 0.15) is 0 Å². The van der Waals surface area contributed by atoms with Crippen molar-refractivity contribution in [1.82, 2.24) is 0 Å². The van der Waals surface area contributed by atoms with Crippen LogP contribution in [-0.4, -0.2) is 13.7 Å². The molecule has 0 amide bonds. The number of hydrogen-bond donors (Lipinski definition) is 0. The Morgan fingerprint density at radius 2 is 2.50 bits per heavy atom. The Labute approximate surface area is 65.6 Å². The number of thiophene rings is 1. The van der Waals surface area contributed by atoms with Crippen molar-refractivity contribution in [3.05, 3.63) is 22.4 Å². The van der Waals surface area contributed by atoms with Crippen LogP contribution in [0.5, 0.6) is 0 Å². The molecule has 0 radical (unpaired) electrons. The fraction of sp³-hybridized carbons (Fsp3) is 0.500. The first kappa shape index (κ1) is 7.76. The number of rotatable bonds is 4. The first-order valence-electron chi connectivity index (χ1n) is 3.43. The van der Waals surface area contributed by atoms with Gasteiger partial charge in [0, 0.05) is 13.7 Å². The lowest BCUT2D eigenvalue weighted by Crippen LogP contribution is -1.90. The van der Waals surface area contributed by atoms with E-state index in [0.29, 0.717) is 0 Å². The molecule has 1 heterocycles. The summed E-state index contributed by atoms with van der Waals surface area (Å²) in [5.74, 6) is 0. The van der Waals surface area contributed by atoms with E-state index in [-0.39, 0.29) is 0 Å². The Balaban J connectivity index is 2.15. The summed E-state index contributed by atoms with van der Waals surface area (Å²) in [7, 11) is 1.74. The molecule has 10 heavy (non-hydrogen) atoms. The van der Waals surface area contributed by atoms with Gasteiger partial charge in [0.15, 0.2) is 0 Å². The zero-order chi connectivity index (χ0) is 7.23. The van der Waals surface area contributed by atoms with E-state index in [1.165, 1.54) is 5.56 Å². The van der Waals surface area contributed by atoms with Gasteiger partial charge in [0.2, 0.25) is 0 Å². The molecule has 1 nitrogen and oxygen atoms in total. The highest BCUT2D eigenvalue weighted by molar-refractivity contribution is 7.07. The van der Waals surface area contributed by atoms with Crippen LogP contribution in [0.15, 0.2) is 16.8 Å². The topological polar surface area (TPSA) is 9.23 Å². The maximum Gasteiger partial charge on any atom is 0.0465 e. The van der Waals surface area contributed by atoms with Gasteiger partial charge >= 0.3 is 0 Å². The number of methoxy groups -OCH3 is 1. The summed E-state index contributed by atoms with van der Waals surface area (Å²) in [6.07, 6.45) is 2.28. The lowest BCUT2D eigenvalue weighted by atomic mass is 10.2. The predicted octanol–water partition coefficient (Wildman–Crippen LogP) is 2.33. The molecule has 0 N–H and O–H groups in total. The zero-order valence-corrected chi connectivity index (χ0v) is 6.99. The van der Waals surface area contributed by atoms with Crippen LogP contribution >= 0.6 is 11.3 Å². The molecule has 0 atom stereocenters. The molecular formula is C8H12OS. The second-order valence-corrected chi connectivity index (χ2v) is 3.01. The van der Waals surface area contributed by atoms with Crippen molar-refractivity contribution in [2.24, 2.45) is 0 Å². The van der Waals surface area contributed by atoms with E-state index in [9.17, 15) is 0 Å². The van der Waals surface area contributed by atoms with Crippen molar-refractivity contribution in [3.63, 3.8) is 0 Å². The van der Waals surface area contributed by atoms with Gasteiger partial charge in [-0.15, -0.1) is 0 Å². The van der Waals surface area contributed by atoms with E-state index in [2.05, 4.69) is 16.8 Å². The van der Waals surface area contributed by atoms with Gasteiger partial charge < -0.3 is 4.74 Å². The Morgan fingerprint density at radius 1 is 1.60 bits per heavy atom. The third-order valence-electron chi connectivity index (χ3n) is 1.39. The van der Waals surface area contributed by atoms with Crippen LogP contribution in [0.2, 0.25) is 0 Å². The lowest BCUT2D eigenvalue weighted by Gasteiger charge is -1.95. The van der Waals surface area contributed by atoms with Crippen molar-refractivity contribution in [3.8, 4) is 0 Å². The molecule has 0 saturated heterocycles. The molecule has 0 spiro atoms. The molecule has 0 aliphatic rings. The van der Waals surface area contributed by atoms with Crippen LogP contribution in [0.3, 0.4) is 0 Å². The van der Waals surface area contributed by atoms with Crippen LogP contribution < -0.4 is 0 Å². The molecule has 0 unspecified atom stereocenters. The second kappa shape index (κ2) is 4.47. The minimum Gasteiger partial charge on any atom is -0.385 e.